The summed E-state index contributed by atoms with van der Waals surface area (Å²) in [5.74, 6) is 2.85. The Bertz CT molecular complexity index is 771. The molecule has 2 N–H and O–H groups in total. The zero-order valence-corrected chi connectivity index (χ0v) is 16.5. The summed E-state index contributed by atoms with van der Waals surface area (Å²) >= 11 is 0. The van der Waals surface area contributed by atoms with Crippen LogP contribution in [0.4, 0.5) is 5.69 Å². The number of para-hydroxylation sites is 2. The molecule has 2 heterocycles. The number of rotatable bonds is 6. The monoisotopic (exact) mass is 371 g/mol. The van der Waals surface area contributed by atoms with E-state index < -0.39 is 0 Å². The van der Waals surface area contributed by atoms with Crippen molar-refractivity contribution in [3.8, 4) is 5.75 Å². The number of aliphatic imine (C=N–C) groups is 1. The van der Waals surface area contributed by atoms with Crippen LogP contribution in [0, 0.1) is 0 Å². The first-order chi connectivity index (χ1) is 13.1. The predicted molar refractivity (Wildman–Crippen MR) is 108 cm³/mol. The molecule has 2 aromatic rings. The molecule has 0 aliphatic carbocycles. The van der Waals surface area contributed by atoms with Crippen molar-refractivity contribution in [1.82, 2.24) is 15.8 Å². The van der Waals surface area contributed by atoms with Crippen molar-refractivity contribution in [2.75, 3.05) is 32.1 Å². The molecule has 1 aromatic carbocycles. The van der Waals surface area contributed by atoms with Crippen LogP contribution in [-0.4, -0.2) is 44.4 Å². The lowest BCUT2D eigenvalue weighted by molar-refractivity contribution is 0.371. The average Bonchev–Trinajstić information content (AvgIpc) is 3.34. The molecule has 7 heteroatoms. The number of hydrogen-bond acceptors (Lipinski definition) is 5. The van der Waals surface area contributed by atoms with Crippen LogP contribution in [0.25, 0.3) is 0 Å². The predicted octanol–water partition coefficient (Wildman–Crippen LogP) is 2.75. The zero-order valence-electron chi connectivity index (χ0n) is 16.5. The molecule has 1 saturated heterocycles. The molecule has 1 aliphatic rings. The number of methoxy groups -OCH3 is 1. The minimum atomic E-state index is 0.321. The average molecular weight is 371 g/mol. The summed E-state index contributed by atoms with van der Waals surface area (Å²) in [5, 5.41) is 10.9. The number of benzene rings is 1. The Morgan fingerprint density at radius 3 is 2.93 bits per heavy atom. The zero-order chi connectivity index (χ0) is 19.2. The highest BCUT2D eigenvalue weighted by atomic mass is 16.5. The molecule has 1 atom stereocenters. The first-order valence-corrected chi connectivity index (χ1v) is 9.41. The highest BCUT2D eigenvalue weighted by Gasteiger charge is 2.25. The molecule has 0 radical (unpaired) electrons. The Hall–Kier alpha value is -2.70. The summed E-state index contributed by atoms with van der Waals surface area (Å²) in [6.45, 7) is 6.64. The van der Waals surface area contributed by atoms with Gasteiger partial charge in [0, 0.05) is 32.2 Å². The fourth-order valence-electron chi connectivity index (χ4n) is 3.23. The molecule has 1 aromatic heterocycles. The van der Waals surface area contributed by atoms with E-state index >= 15 is 0 Å². The molecule has 146 valence electrons. The van der Waals surface area contributed by atoms with Crippen molar-refractivity contribution in [2.24, 2.45) is 4.99 Å². The van der Waals surface area contributed by atoms with E-state index in [0.29, 0.717) is 18.5 Å². The third-order valence-electron chi connectivity index (χ3n) is 4.78. The topological polar surface area (TPSA) is 74.9 Å². The summed E-state index contributed by atoms with van der Waals surface area (Å²) in [5.41, 5.74) is 2.10. The number of nitrogens with one attached hydrogen (secondary N) is 2. The van der Waals surface area contributed by atoms with Gasteiger partial charge in [0.1, 0.15) is 5.75 Å². The number of ether oxygens (including phenoxy) is 1. The summed E-state index contributed by atoms with van der Waals surface area (Å²) < 4.78 is 10.9. The van der Waals surface area contributed by atoms with Gasteiger partial charge in [0.15, 0.2) is 11.7 Å². The largest absolute Gasteiger partial charge is 0.495 e. The van der Waals surface area contributed by atoms with Crippen LogP contribution in [0.5, 0.6) is 5.75 Å². The highest BCUT2D eigenvalue weighted by Crippen LogP contribution is 2.30. The van der Waals surface area contributed by atoms with Crippen LogP contribution < -0.4 is 20.3 Å². The molecule has 1 fully saturated rings. The van der Waals surface area contributed by atoms with E-state index in [9.17, 15) is 0 Å². The van der Waals surface area contributed by atoms with Crippen LogP contribution >= 0.6 is 0 Å². The molecule has 1 aliphatic heterocycles. The third kappa shape index (κ3) is 4.72. The van der Waals surface area contributed by atoms with Crippen molar-refractivity contribution in [3.63, 3.8) is 0 Å². The number of guanidine groups is 1. The van der Waals surface area contributed by atoms with Crippen molar-refractivity contribution < 1.29 is 9.26 Å². The van der Waals surface area contributed by atoms with Gasteiger partial charge in [-0.05, 0) is 24.5 Å². The Labute approximate surface area is 160 Å². The number of nitrogens with zero attached hydrogens (tertiary/aromatic N) is 3. The van der Waals surface area contributed by atoms with Gasteiger partial charge in [-0.25, -0.2) is 0 Å². The lowest BCUT2D eigenvalue weighted by Gasteiger charge is -2.22. The molecule has 0 bridgehead atoms. The second-order valence-electron chi connectivity index (χ2n) is 7.05. The molecule has 0 saturated carbocycles. The van der Waals surface area contributed by atoms with E-state index in [1.807, 2.05) is 24.3 Å². The fourth-order valence-corrected chi connectivity index (χ4v) is 3.23. The third-order valence-corrected chi connectivity index (χ3v) is 4.78. The van der Waals surface area contributed by atoms with E-state index in [0.717, 1.165) is 48.4 Å². The maximum Gasteiger partial charge on any atom is 0.191 e. The Morgan fingerprint density at radius 2 is 2.22 bits per heavy atom. The van der Waals surface area contributed by atoms with Gasteiger partial charge in [-0.15, -0.1) is 0 Å². The van der Waals surface area contributed by atoms with Crippen LogP contribution in [0.1, 0.15) is 37.6 Å². The molecular formula is C20H29N5O2. The van der Waals surface area contributed by atoms with E-state index in [1.165, 1.54) is 0 Å². The van der Waals surface area contributed by atoms with Gasteiger partial charge in [0.2, 0.25) is 0 Å². The van der Waals surface area contributed by atoms with Crippen LogP contribution in [-0.2, 0) is 6.54 Å². The van der Waals surface area contributed by atoms with Gasteiger partial charge in [-0.1, -0.05) is 31.1 Å². The van der Waals surface area contributed by atoms with Gasteiger partial charge in [-0.2, -0.15) is 0 Å². The molecule has 3 rings (SSSR count). The second kappa shape index (κ2) is 8.79. The Kier molecular flexibility index (Phi) is 6.21. The SMILES string of the molecule is CN=C(NCc1cc(C(C)C)no1)NC1CCN(c2ccccc2OC)C1. The van der Waals surface area contributed by atoms with Crippen molar-refractivity contribution in [1.29, 1.82) is 0 Å². The molecule has 1 unspecified atom stereocenters. The standard InChI is InChI=1S/C20H29N5O2/c1-14(2)17-11-16(27-24-17)12-22-20(21-3)23-15-9-10-25(13-15)18-7-5-6-8-19(18)26-4/h5-8,11,14-15H,9-10,12-13H2,1-4H3,(H2,21,22,23). The second-order valence-corrected chi connectivity index (χ2v) is 7.05. The van der Waals surface area contributed by atoms with Crippen LogP contribution in [0.2, 0.25) is 0 Å². The van der Waals surface area contributed by atoms with Crippen molar-refractivity contribution in [3.05, 3.63) is 41.8 Å². The molecule has 0 spiro atoms. The molecular weight excluding hydrogens is 342 g/mol. The maximum absolute atomic E-state index is 5.49. The summed E-state index contributed by atoms with van der Waals surface area (Å²) in [7, 11) is 3.49. The van der Waals surface area contributed by atoms with Crippen LogP contribution in [0.15, 0.2) is 39.8 Å². The first kappa shape index (κ1) is 19.1. The lowest BCUT2D eigenvalue weighted by Crippen LogP contribution is -2.44. The van der Waals surface area contributed by atoms with Gasteiger partial charge in [0.25, 0.3) is 0 Å². The number of anilines is 1. The fraction of sp³-hybridized carbons (Fsp3) is 0.500. The Morgan fingerprint density at radius 1 is 1.41 bits per heavy atom. The van der Waals surface area contributed by atoms with E-state index in [1.54, 1.807) is 14.2 Å². The molecule has 7 nitrogen and oxygen atoms in total. The quantitative estimate of drug-likeness (QED) is 0.601. The smallest absolute Gasteiger partial charge is 0.191 e. The minimum Gasteiger partial charge on any atom is -0.495 e. The summed E-state index contributed by atoms with van der Waals surface area (Å²) in [6, 6.07) is 10.5. The van der Waals surface area contributed by atoms with Crippen LogP contribution in [0.3, 0.4) is 0 Å². The first-order valence-electron chi connectivity index (χ1n) is 9.41. The van der Waals surface area contributed by atoms with Gasteiger partial charge >= 0.3 is 0 Å². The highest BCUT2D eigenvalue weighted by molar-refractivity contribution is 5.80. The maximum atomic E-state index is 5.49. The lowest BCUT2D eigenvalue weighted by atomic mass is 10.1. The van der Waals surface area contributed by atoms with E-state index in [2.05, 4.69) is 45.6 Å². The number of aromatic nitrogens is 1. The molecule has 0 amide bonds. The van der Waals surface area contributed by atoms with Crippen molar-refractivity contribution >= 4 is 11.6 Å². The summed E-state index contributed by atoms with van der Waals surface area (Å²) in [6.07, 6.45) is 1.04. The van der Waals surface area contributed by atoms with Gasteiger partial charge in [0.05, 0.1) is 25.0 Å². The normalized spacial score (nSPS) is 17.4. The van der Waals surface area contributed by atoms with Gasteiger partial charge in [-0.3, -0.25) is 4.99 Å². The summed E-state index contributed by atoms with van der Waals surface area (Å²) in [4.78, 5) is 6.67. The van der Waals surface area contributed by atoms with Gasteiger partial charge < -0.3 is 24.8 Å². The number of hydrogen-bond donors (Lipinski definition) is 2. The minimum absolute atomic E-state index is 0.321. The Balaban J connectivity index is 1.53. The van der Waals surface area contributed by atoms with Crippen molar-refractivity contribution in [2.45, 2.75) is 38.8 Å². The van der Waals surface area contributed by atoms with E-state index in [-0.39, 0.29) is 0 Å². The van der Waals surface area contributed by atoms with E-state index in [4.69, 9.17) is 9.26 Å². The molecule has 27 heavy (non-hydrogen) atoms.